The number of nitrogens with zero attached hydrogens (tertiary/aromatic N) is 3. The van der Waals surface area contributed by atoms with E-state index in [1.807, 2.05) is 6.92 Å². The molecule has 10 nitrogen and oxygen atoms in total. The van der Waals surface area contributed by atoms with Crippen LogP contribution in [0.15, 0.2) is 65.1 Å². The molecule has 2 N–H and O–H groups in total. The summed E-state index contributed by atoms with van der Waals surface area (Å²) in [4.78, 5) is 27.6. The Morgan fingerprint density at radius 1 is 1.10 bits per heavy atom. The summed E-state index contributed by atoms with van der Waals surface area (Å²) in [5.41, 5.74) is 4.00. The molecule has 2 aliphatic rings. The second-order valence-corrected chi connectivity index (χ2v) is 11.2. The molecule has 1 aromatic heterocycles. The highest BCUT2D eigenvalue weighted by Gasteiger charge is 2.43. The number of amides is 1. The first-order chi connectivity index (χ1) is 20.0. The number of Topliss-reactive ketones (excluding diaryl/α,β-unsaturated/α-hetero) is 1. The van der Waals surface area contributed by atoms with Crippen molar-refractivity contribution in [3.63, 3.8) is 0 Å². The van der Waals surface area contributed by atoms with Gasteiger partial charge in [-0.15, -0.1) is 5.10 Å². The van der Waals surface area contributed by atoms with Gasteiger partial charge in [-0.1, -0.05) is 19.1 Å². The minimum atomic E-state index is -0.673. The van der Waals surface area contributed by atoms with Gasteiger partial charge in [0, 0.05) is 34.9 Å². The van der Waals surface area contributed by atoms with Crippen LogP contribution < -0.4 is 24.8 Å². The van der Waals surface area contributed by atoms with E-state index in [0.717, 1.165) is 5.70 Å². The fraction of sp³-hybridized carbons (Fsp3) is 0.355. The van der Waals surface area contributed by atoms with E-state index in [9.17, 15) is 14.0 Å². The number of methoxy groups -OCH3 is 3. The molecule has 1 aliphatic carbocycles. The van der Waals surface area contributed by atoms with Crippen molar-refractivity contribution in [1.82, 2.24) is 25.6 Å². The van der Waals surface area contributed by atoms with Crippen LogP contribution >= 0.6 is 0 Å². The molecule has 0 saturated carbocycles. The molecule has 2 aromatic carbocycles. The van der Waals surface area contributed by atoms with E-state index in [4.69, 9.17) is 14.2 Å². The number of benzene rings is 2. The number of hydrogen-bond donors (Lipinski definition) is 2. The highest BCUT2D eigenvalue weighted by molar-refractivity contribution is 6.05. The first-order valence-corrected chi connectivity index (χ1v) is 13.5. The Bertz CT molecular complexity index is 1580. The van der Waals surface area contributed by atoms with Crippen LogP contribution in [0.5, 0.6) is 17.2 Å². The van der Waals surface area contributed by atoms with Gasteiger partial charge in [0.05, 0.1) is 39.8 Å². The van der Waals surface area contributed by atoms with Gasteiger partial charge in [-0.3, -0.25) is 9.59 Å². The lowest BCUT2D eigenvalue weighted by atomic mass is 9.68. The van der Waals surface area contributed by atoms with Crippen LogP contribution in [-0.4, -0.2) is 48.0 Å². The van der Waals surface area contributed by atoms with E-state index in [-0.39, 0.29) is 29.5 Å². The Morgan fingerprint density at radius 3 is 2.38 bits per heavy atom. The molecule has 11 heteroatoms. The molecule has 5 rings (SSSR count). The summed E-state index contributed by atoms with van der Waals surface area (Å²) in [5, 5.41) is 14.6. The van der Waals surface area contributed by atoms with Crippen molar-refractivity contribution in [3.8, 4) is 22.9 Å². The molecule has 1 unspecified atom stereocenters. The van der Waals surface area contributed by atoms with Crippen LogP contribution in [0.1, 0.15) is 50.8 Å². The Balaban J connectivity index is 1.51. The van der Waals surface area contributed by atoms with Crippen LogP contribution in [0.25, 0.3) is 5.69 Å². The van der Waals surface area contributed by atoms with Gasteiger partial charge < -0.3 is 24.8 Å². The highest BCUT2D eigenvalue weighted by atomic mass is 19.1. The van der Waals surface area contributed by atoms with Crippen molar-refractivity contribution >= 4 is 11.7 Å². The molecule has 3 aromatic rings. The summed E-state index contributed by atoms with van der Waals surface area (Å²) in [6, 6.07) is 9.41. The van der Waals surface area contributed by atoms with Crippen LogP contribution in [0, 0.1) is 11.2 Å². The standard InChI is InChI=1S/C31H34FN5O5/c1-17-26(30(39)33-15-20-16-37(36-35-20)21-9-7-19(32)8-10-21)27(28-22(34-17)13-31(2,3)14-23(28)38)18-11-24(40-4)29(42-6)25(12-18)41-5/h7-12,16,27,34H,13-15H2,1-6H3,(H,33,39). The Morgan fingerprint density at radius 2 is 1.76 bits per heavy atom. The van der Waals surface area contributed by atoms with E-state index in [1.165, 1.54) is 38.1 Å². The van der Waals surface area contributed by atoms with Crippen LogP contribution in [-0.2, 0) is 16.1 Å². The van der Waals surface area contributed by atoms with E-state index in [0.29, 0.717) is 63.9 Å². The molecule has 0 fully saturated rings. The fourth-order valence-electron chi connectivity index (χ4n) is 5.70. The number of hydrogen-bond acceptors (Lipinski definition) is 8. The number of allylic oxidation sites excluding steroid dienone is 3. The summed E-state index contributed by atoms with van der Waals surface area (Å²) in [6.45, 7) is 6.04. The Kier molecular flexibility index (Phi) is 7.77. The number of aromatic nitrogens is 3. The number of rotatable bonds is 8. The SMILES string of the molecule is COc1cc(C2C(C(=O)NCc3cn(-c4ccc(F)cc4)nn3)=C(C)NC3=C2C(=O)CC(C)(C)C3)cc(OC)c1OC. The van der Waals surface area contributed by atoms with Crippen molar-refractivity contribution in [2.24, 2.45) is 5.41 Å². The van der Waals surface area contributed by atoms with Gasteiger partial charge in [-0.25, -0.2) is 9.07 Å². The van der Waals surface area contributed by atoms with Gasteiger partial charge in [-0.05, 0) is 60.7 Å². The first-order valence-electron chi connectivity index (χ1n) is 13.5. The van der Waals surface area contributed by atoms with Gasteiger partial charge in [0.15, 0.2) is 17.3 Å². The van der Waals surface area contributed by atoms with E-state index < -0.39 is 5.92 Å². The maximum atomic E-state index is 13.9. The average Bonchev–Trinajstić information content (AvgIpc) is 3.43. The van der Waals surface area contributed by atoms with Crippen molar-refractivity contribution in [3.05, 3.63) is 82.2 Å². The third-order valence-corrected chi connectivity index (χ3v) is 7.57. The lowest BCUT2D eigenvalue weighted by Gasteiger charge is -2.39. The zero-order valence-electron chi connectivity index (χ0n) is 24.5. The number of carbonyl (C=O) groups excluding carboxylic acids is 2. The minimum Gasteiger partial charge on any atom is -0.493 e. The molecule has 220 valence electrons. The van der Waals surface area contributed by atoms with E-state index >= 15 is 0 Å². The smallest absolute Gasteiger partial charge is 0.250 e. The third kappa shape index (κ3) is 5.46. The second-order valence-electron chi connectivity index (χ2n) is 11.2. The molecule has 1 aliphatic heterocycles. The minimum absolute atomic E-state index is 0.0208. The molecular formula is C31H34FN5O5. The average molecular weight is 576 g/mol. The van der Waals surface area contributed by atoms with Gasteiger partial charge >= 0.3 is 0 Å². The maximum Gasteiger partial charge on any atom is 0.250 e. The van der Waals surface area contributed by atoms with Gasteiger partial charge in [0.1, 0.15) is 11.5 Å². The summed E-state index contributed by atoms with van der Waals surface area (Å²) in [5.74, 6) is -0.146. The van der Waals surface area contributed by atoms with Crippen molar-refractivity contribution in [1.29, 1.82) is 0 Å². The lowest BCUT2D eigenvalue weighted by Crippen LogP contribution is -2.40. The van der Waals surface area contributed by atoms with Crippen molar-refractivity contribution in [2.75, 3.05) is 21.3 Å². The van der Waals surface area contributed by atoms with Gasteiger partial charge in [0.2, 0.25) is 11.7 Å². The predicted octanol–water partition coefficient (Wildman–Crippen LogP) is 4.35. The highest BCUT2D eigenvalue weighted by Crippen LogP contribution is 2.49. The predicted molar refractivity (Wildman–Crippen MR) is 153 cm³/mol. The first kappa shape index (κ1) is 28.8. The largest absolute Gasteiger partial charge is 0.493 e. The van der Waals surface area contributed by atoms with Crippen LogP contribution in [0.4, 0.5) is 4.39 Å². The molecule has 0 bridgehead atoms. The van der Waals surface area contributed by atoms with Crippen molar-refractivity contribution in [2.45, 2.75) is 46.1 Å². The van der Waals surface area contributed by atoms with Crippen LogP contribution in [0.2, 0.25) is 0 Å². The molecule has 0 saturated heterocycles. The van der Waals surface area contributed by atoms with Crippen LogP contribution in [0.3, 0.4) is 0 Å². The number of halogens is 1. The number of dihydropyridines is 1. The fourth-order valence-corrected chi connectivity index (χ4v) is 5.70. The summed E-state index contributed by atoms with van der Waals surface area (Å²) in [7, 11) is 4.57. The second kappa shape index (κ2) is 11.3. The topological polar surface area (TPSA) is 117 Å². The molecule has 1 atom stereocenters. The van der Waals surface area contributed by atoms with Gasteiger partial charge in [0.25, 0.3) is 0 Å². The zero-order valence-corrected chi connectivity index (χ0v) is 24.5. The molecular weight excluding hydrogens is 541 g/mol. The Labute approximate surface area is 243 Å². The van der Waals surface area contributed by atoms with Crippen molar-refractivity contribution < 1.29 is 28.2 Å². The number of nitrogens with one attached hydrogen (secondary N) is 2. The monoisotopic (exact) mass is 575 g/mol. The van der Waals surface area contributed by atoms with E-state index in [1.54, 1.807) is 30.5 Å². The van der Waals surface area contributed by atoms with E-state index in [2.05, 4.69) is 34.8 Å². The Hall–Kier alpha value is -4.67. The lowest BCUT2D eigenvalue weighted by molar-refractivity contribution is -0.118. The zero-order chi connectivity index (χ0) is 30.2. The summed E-state index contributed by atoms with van der Waals surface area (Å²) < 4.78 is 31.5. The normalized spacial score (nSPS) is 17.9. The number of carbonyl (C=O) groups is 2. The third-order valence-electron chi connectivity index (χ3n) is 7.57. The summed E-state index contributed by atoms with van der Waals surface area (Å²) in [6.07, 6.45) is 2.68. The molecule has 42 heavy (non-hydrogen) atoms. The number of ketones is 1. The maximum absolute atomic E-state index is 13.9. The quantitative estimate of drug-likeness (QED) is 0.407. The van der Waals surface area contributed by atoms with Gasteiger partial charge in [-0.2, -0.15) is 0 Å². The molecule has 1 amide bonds. The molecule has 2 heterocycles. The number of ether oxygens (including phenoxy) is 3. The summed E-state index contributed by atoms with van der Waals surface area (Å²) >= 11 is 0. The molecule has 0 radical (unpaired) electrons. The molecule has 0 spiro atoms.